The first-order valence-corrected chi connectivity index (χ1v) is 12.7. The Morgan fingerprint density at radius 1 is 1.06 bits per heavy atom. The SMILES string of the molecule is CC(=O)c1cccc(NC(=O)C2CCC(CNS(=O)(=O)c3cccc4nsnc34)CC2)c1. The van der Waals surface area contributed by atoms with Crippen molar-refractivity contribution >= 4 is 50.2 Å². The number of anilines is 1. The lowest BCUT2D eigenvalue weighted by atomic mass is 9.81. The number of rotatable bonds is 7. The Morgan fingerprint density at radius 2 is 1.81 bits per heavy atom. The average Bonchev–Trinajstić information content (AvgIpc) is 3.27. The highest BCUT2D eigenvalue weighted by atomic mass is 32.2. The molecule has 1 aliphatic carbocycles. The molecule has 1 aromatic heterocycles. The summed E-state index contributed by atoms with van der Waals surface area (Å²) in [5.41, 5.74) is 2.13. The first-order chi connectivity index (χ1) is 15.3. The maximum atomic E-state index is 12.8. The van der Waals surface area contributed by atoms with Gasteiger partial charge < -0.3 is 5.32 Å². The quantitative estimate of drug-likeness (QED) is 0.507. The Labute approximate surface area is 190 Å². The van der Waals surface area contributed by atoms with E-state index in [0.717, 1.165) is 24.6 Å². The van der Waals surface area contributed by atoms with Crippen molar-refractivity contribution in [1.29, 1.82) is 0 Å². The predicted octanol–water partition coefficient (Wildman–Crippen LogP) is 3.62. The number of carbonyl (C=O) groups excluding carboxylic acids is 2. The summed E-state index contributed by atoms with van der Waals surface area (Å²) in [7, 11) is -3.69. The van der Waals surface area contributed by atoms with Gasteiger partial charge in [0.15, 0.2) is 5.78 Å². The van der Waals surface area contributed by atoms with Gasteiger partial charge in [-0.2, -0.15) is 8.75 Å². The molecule has 1 aliphatic rings. The second-order valence-corrected chi connectivity index (χ2v) is 10.3. The Morgan fingerprint density at radius 3 is 2.56 bits per heavy atom. The number of carbonyl (C=O) groups is 2. The topological polar surface area (TPSA) is 118 Å². The standard InChI is InChI=1S/C22H24N4O4S2/c1-14(27)17-4-2-5-18(12-17)24-22(28)16-10-8-15(9-11-16)13-23-32(29,30)20-7-3-6-19-21(20)26-31-25-19/h2-7,12,15-16,23H,8-11,13H2,1H3,(H,24,28). The molecule has 3 aromatic rings. The van der Waals surface area contributed by atoms with Crippen molar-refractivity contribution < 1.29 is 18.0 Å². The van der Waals surface area contributed by atoms with Gasteiger partial charge in [0.1, 0.15) is 15.9 Å². The van der Waals surface area contributed by atoms with E-state index in [9.17, 15) is 18.0 Å². The molecule has 2 aromatic carbocycles. The maximum absolute atomic E-state index is 12.8. The number of nitrogens with one attached hydrogen (secondary N) is 2. The fourth-order valence-corrected chi connectivity index (χ4v) is 5.87. The lowest BCUT2D eigenvalue weighted by molar-refractivity contribution is -0.121. The van der Waals surface area contributed by atoms with Crippen LogP contribution >= 0.6 is 11.7 Å². The molecule has 0 aliphatic heterocycles. The molecule has 10 heteroatoms. The zero-order chi connectivity index (χ0) is 22.7. The van der Waals surface area contributed by atoms with E-state index in [4.69, 9.17) is 0 Å². The van der Waals surface area contributed by atoms with Crippen molar-refractivity contribution in [3.05, 3.63) is 48.0 Å². The molecule has 1 saturated carbocycles. The molecule has 0 bridgehead atoms. The summed E-state index contributed by atoms with van der Waals surface area (Å²) in [6, 6.07) is 11.8. The lowest BCUT2D eigenvalue weighted by Crippen LogP contribution is -2.33. The summed E-state index contributed by atoms with van der Waals surface area (Å²) < 4.78 is 36.5. The zero-order valence-corrected chi connectivity index (χ0v) is 19.2. The molecule has 0 atom stereocenters. The molecule has 4 rings (SSSR count). The third-order valence-corrected chi connectivity index (χ3v) is 7.85. The van der Waals surface area contributed by atoms with Gasteiger partial charge >= 0.3 is 0 Å². The van der Waals surface area contributed by atoms with Crippen molar-refractivity contribution in [1.82, 2.24) is 13.5 Å². The number of nitrogens with zero attached hydrogens (tertiary/aromatic N) is 2. The molecule has 0 radical (unpaired) electrons. The van der Waals surface area contributed by atoms with Crippen LogP contribution in [0.3, 0.4) is 0 Å². The Kier molecular flexibility index (Phi) is 6.63. The van der Waals surface area contributed by atoms with Crippen molar-refractivity contribution in [3.63, 3.8) is 0 Å². The fraction of sp³-hybridized carbons (Fsp3) is 0.364. The molecule has 8 nitrogen and oxygen atoms in total. The molecular weight excluding hydrogens is 448 g/mol. The number of amides is 1. The highest BCUT2D eigenvalue weighted by molar-refractivity contribution is 7.89. The molecule has 0 unspecified atom stereocenters. The number of hydrogen-bond donors (Lipinski definition) is 2. The van der Waals surface area contributed by atoms with Crippen LogP contribution in [0.25, 0.3) is 11.0 Å². The van der Waals surface area contributed by atoms with Gasteiger partial charge in [-0.3, -0.25) is 9.59 Å². The zero-order valence-electron chi connectivity index (χ0n) is 17.6. The van der Waals surface area contributed by atoms with E-state index >= 15 is 0 Å². The van der Waals surface area contributed by atoms with E-state index in [1.165, 1.54) is 13.0 Å². The first kappa shape index (κ1) is 22.5. The highest BCUT2D eigenvalue weighted by Crippen LogP contribution is 2.30. The summed E-state index contributed by atoms with van der Waals surface area (Å²) in [4.78, 5) is 24.3. The number of sulfonamides is 1. The average molecular weight is 473 g/mol. The molecule has 1 fully saturated rings. The monoisotopic (exact) mass is 472 g/mol. The normalized spacial score (nSPS) is 19.0. The summed E-state index contributed by atoms with van der Waals surface area (Å²) in [5, 5.41) is 2.90. The van der Waals surface area contributed by atoms with Crippen molar-refractivity contribution in [2.45, 2.75) is 37.5 Å². The van der Waals surface area contributed by atoms with E-state index in [0.29, 0.717) is 41.7 Å². The molecule has 0 saturated heterocycles. The Hall–Kier alpha value is -2.69. The van der Waals surface area contributed by atoms with Crippen LogP contribution in [-0.2, 0) is 14.8 Å². The minimum absolute atomic E-state index is 0.0497. The summed E-state index contributed by atoms with van der Waals surface area (Å²) in [6.07, 6.45) is 2.90. The van der Waals surface area contributed by atoms with Gasteiger partial charge in [-0.15, -0.1) is 0 Å². The highest BCUT2D eigenvalue weighted by Gasteiger charge is 2.28. The van der Waals surface area contributed by atoms with Crippen LogP contribution in [0.15, 0.2) is 47.4 Å². The molecule has 1 heterocycles. The van der Waals surface area contributed by atoms with Crippen LogP contribution in [0.2, 0.25) is 0 Å². The predicted molar refractivity (Wildman–Crippen MR) is 123 cm³/mol. The Balaban J connectivity index is 1.30. The van der Waals surface area contributed by atoms with Gasteiger partial charge in [0.2, 0.25) is 15.9 Å². The van der Waals surface area contributed by atoms with Gasteiger partial charge in [0.05, 0.1) is 11.7 Å². The van der Waals surface area contributed by atoms with Crippen molar-refractivity contribution in [2.75, 3.05) is 11.9 Å². The lowest BCUT2D eigenvalue weighted by Gasteiger charge is -2.28. The summed E-state index contributed by atoms with van der Waals surface area (Å²) >= 11 is 0.988. The first-order valence-electron chi connectivity index (χ1n) is 10.5. The second kappa shape index (κ2) is 9.43. The fourth-order valence-electron chi connectivity index (χ4n) is 3.99. The number of fused-ring (bicyclic) bond motifs is 1. The van der Waals surface area contributed by atoms with E-state index in [1.54, 1.807) is 36.4 Å². The largest absolute Gasteiger partial charge is 0.326 e. The number of Topliss-reactive ketones (excluding diaryl/α,β-unsaturated/α-hetero) is 1. The van der Waals surface area contributed by atoms with E-state index in [-0.39, 0.29) is 28.4 Å². The van der Waals surface area contributed by atoms with E-state index in [2.05, 4.69) is 18.8 Å². The summed E-state index contributed by atoms with van der Waals surface area (Å²) in [6.45, 7) is 1.82. The van der Waals surface area contributed by atoms with Crippen LogP contribution in [0.4, 0.5) is 5.69 Å². The van der Waals surface area contributed by atoms with Crippen molar-refractivity contribution in [3.8, 4) is 0 Å². The number of aromatic nitrogens is 2. The number of ketones is 1. The van der Waals surface area contributed by atoms with Crippen LogP contribution < -0.4 is 10.0 Å². The number of benzene rings is 2. The number of hydrogen-bond acceptors (Lipinski definition) is 7. The van der Waals surface area contributed by atoms with Crippen LogP contribution in [-0.4, -0.2) is 35.4 Å². The third kappa shape index (κ3) is 5.03. The van der Waals surface area contributed by atoms with Gasteiger partial charge in [0.25, 0.3) is 0 Å². The molecule has 32 heavy (non-hydrogen) atoms. The van der Waals surface area contributed by atoms with Gasteiger partial charge in [-0.05, 0) is 62.8 Å². The molecular formula is C22H24N4O4S2. The van der Waals surface area contributed by atoms with Gasteiger partial charge in [-0.1, -0.05) is 18.2 Å². The minimum atomic E-state index is -3.69. The molecule has 1 amide bonds. The minimum Gasteiger partial charge on any atom is -0.326 e. The molecule has 2 N–H and O–H groups in total. The Bertz CT molecular complexity index is 1250. The smallest absolute Gasteiger partial charge is 0.242 e. The van der Waals surface area contributed by atoms with Crippen LogP contribution in [0.5, 0.6) is 0 Å². The second-order valence-electron chi connectivity index (χ2n) is 8.08. The molecule has 168 valence electrons. The van der Waals surface area contributed by atoms with Gasteiger partial charge in [-0.25, -0.2) is 13.1 Å². The summed E-state index contributed by atoms with van der Waals surface area (Å²) in [5.74, 6) is -0.0694. The maximum Gasteiger partial charge on any atom is 0.242 e. The van der Waals surface area contributed by atoms with Crippen LogP contribution in [0, 0.1) is 11.8 Å². The van der Waals surface area contributed by atoms with Crippen molar-refractivity contribution in [2.24, 2.45) is 11.8 Å². The van der Waals surface area contributed by atoms with Gasteiger partial charge in [0, 0.05) is 23.7 Å². The molecule has 0 spiro atoms. The van der Waals surface area contributed by atoms with E-state index in [1.807, 2.05) is 0 Å². The van der Waals surface area contributed by atoms with Crippen LogP contribution in [0.1, 0.15) is 43.0 Å². The third-order valence-electron chi connectivity index (χ3n) is 5.85. The van der Waals surface area contributed by atoms with E-state index < -0.39 is 10.0 Å².